The van der Waals surface area contributed by atoms with Crippen molar-refractivity contribution in [3.05, 3.63) is 60.1 Å². The van der Waals surface area contributed by atoms with E-state index < -0.39 is 0 Å². The van der Waals surface area contributed by atoms with Gasteiger partial charge < -0.3 is 14.2 Å². The molecular weight excluding hydrogens is 330 g/mol. The molecule has 0 N–H and O–H groups in total. The van der Waals surface area contributed by atoms with Crippen molar-refractivity contribution in [2.45, 2.75) is 20.0 Å². The molecule has 0 unspecified atom stereocenters. The molecule has 1 aliphatic rings. The quantitative estimate of drug-likeness (QED) is 0.795. The first-order valence-electron chi connectivity index (χ1n) is 8.94. The zero-order chi connectivity index (χ0) is 18.4. The number of carbonyl (C=O) groups excluding carboxylic acids is 2. The maximum Gasteiger partial charge on any atom is 0.237 e. The summed E-state index contributed by atoms with van der Waals surface area (Å²) in [7, 11) is 0. The third-order valence-electron chi connectivity index (χ3n) is 4.67. The summed E-state index contributed by atoms with van der Waals surface area (Å²) >= 11 is 0. The summed E-state index contributed by atoms with van der Waals surface area (Å²) in [6.45, 7) is 5.77. The molecule has 0 spiro atoms. The van der Waals surface area contributed by atoms with E-state index in [-0.39, 0.29) is 11.8 Å². The molecule has 0 bridgehead atoms. The Morgan fingerprint density at radius 3 is 2.35 bits per heavy atom. The van der Waals surface area contributed by atoms with E-state index in [0.29, 0.717) is 32.7 Å². The largest absolute Gasteiger partial charge is 0.467 e. The van der Waals surface area contributed by atoms with Gasteiger partial charge in [0.1, 0.15) is 5.76 Å². The number of piperazine rings is 1. The zero-order valence-corrected chi connectivity index (χ0v) is 15.1. The average molecular weight is 355 g/mol. The Bertz CT molecular complexity index is 707. The molecule has 26 heavy (non-hydrogen) atoms. The lowest BCUT2D eigenvalue weighted by Crippen LogP contribution is -2.51. The second-order valence-electron chi connectivity index (χ2n) is 6.60. The molecule has 1 saturated heterocycles. The molecule has 1 aliphatic heterocycles. The standard InChI is InChI=1S/C20H25N3O3/c1-17(24)22-11-9-21(10-12-22)16-20(25)23(15-19-8-5-13-26-19)14-18-6-3-2-4-7-18/h2-8,13H,9-12,14-16H2,1H3. The Morgan fingerprint density at radius 2 is 1.73 bits per heavy atom. The predicted molar refractivity (Wildman–Crippen MR) is 98.1 cm³/mol. The molecule has 6 heteroatoms. The summed E-state index contributed by atoms with van der Waals surface area (Å²) in [5.41, 5.74) is 1.09. The zero-order valence-electron chi connectivity index (χ0n) is 15.1. The first kappa shape index (κ1) is 18.2. The fourth-order valence-corrected chi connectivity index (χ4v) is 3.14. The van der Waals surface area contributed by atoms with Gasteiger partial charge in [-0.1, -0.05) is 30.3 Å². The lowest BCUT2D eigenvalue weighted by molar-refractivity contribution is -0.135. The molecule has 138 valence electrons. The van der Waals surface area contributed by atoms with Crippen LogP contribution in [0.1, 0.15) is 18.2 Å². The maximum absolute atomic E-state index is 12.9. The number of amides is 2. The molecule has 1 aromatic heterocycles. The molecule has 6 nitrogen and oxygen atoms in total. The van der Waals surface area contributed by atoms with E-state index in [1.54, 1.807) is 13.2 Å². The van der Waals surface area contributed by atoms with Crippen LogP contribution in [0.4, 0.5) is 0 Å². The van der Waals surface area contributed by atoms with Crippen LogP contribution in [0.2, 0.25) is 0 Å². The summed E-state index contributed by atoms with van der Waals surface area (Å²) in [5.74, 6) is 0.941. The van der Waals surface area contributed by atoms with Crippen molar-refractivity contribution in [3.8, 4) is 0 Å². The number of hydrogen-bond acceptors (Lipinski definition) is 4. The number of benzene rings is 1. The summed E-state index contributed by atoms with van der Waals surface area (Å²) in [6.07, 6.45) is 1.63. The van der Waals surface area contributed by atoms with Gasteiger partial charge in [0.15, 0.2) is 0 Å². The van der Waals surface area contributed by atoms with Crippen molar-refractivity contribution in [2.24, 2.45) is 0 Å². The number of rotatable bonds is 6. The Hall–Kier alpha value is -2.60. The third kappa shape index (κ3) is 4.95. The minimum Gasteiger partial charge on any atom is -0.467 e. The lowest BCUT2D eigenvalue weighted by Gasteiger charge is -2.34. The van der Waals surface area contributed by atoms with Gasteiger partial charge in [-0.05, 0) is 17.7 Å². The highest BCUT2D eigenvalue weighted by Gasteiger charge is 2.23. The van der Waals surface area contributed by atoms with E-state index in [0.717, 1.165) is 24.4 Å². The topological polar surface area (TPSA) is 57.0 Å². The first-order valence-corrected chi connectivity index (χ1v) is 8.94. The van der Waals surface area contributed by atoms with E-state index in [1.807, 2.05) is 52.3 Å². The van der Waals surface area contributed by atoms with Gasteiger partial charge in [0.05, 0.1) is 19.4 Å². The van der Waals surface area contributed by atoms with Gasteiger partial charge in [-0.3, -0.25) is 14.5 Å². The van der Waals surface area contributed by atoms with Gasteiger partial charge in [-0.25, -0.2) is 0 Å². The van der Waals surface area contributed by atoms with Gasteiger partial charge in [0.2, 0.25) is 11.8 Å². The Balaban J connectivity index is 1.62. The monoisotopic (exact) mass is 355 g/mol. The Morgan fingerprint density at radius 1 is 1.00 bits per heavy atom. The van der Waals surface area contributed by atoms with Crippen molar-refractivity contribution < 1.29 is 14.0 Å². The molecule has 3 rings (SSSR count). The highest BCUT2D eigenvalue weighted by atomic mass is 16.3. The average Bonchev–Trinajstić information content (AvgIpc) is 3.15. The van der Waals surface area contributed by atoms with Crippen LogP contribution in [-0.4, -0.2) is 59.2 Å². The summed E-state index contributed by atoms with van der Waals surface area (Å²) < 4.78 is 5.43. The smallest absolute Gasteiger partial charge is 0.237 e. The van der Waals surface area contributed by atoms with Crippen molar-refractivity contribution in [3.63, 3.8) is 0 Å². The summed E-state index contributed by atoms with van der Waals surface area (Å²) in [4.78, 5) is 30.1. The number of furan rings is 1. The van der Waals surface area contributed by atoms with Gasteiger partial charge >= 0.3 is 0 Å². The molecule has 0 atom stereocenters. The first-order chi connectivity index (χ1) is 12.6. The molecular formula is C20H25N3O3. The third-order valence-corrected chi connectivity index (χ3v) is 4.67. The Kier molecular flexibility index (Phi) is 6.07. The van der Waals surface area contributed by atoms with Crippen molar-refractivity contribution in [2.75, 3.05) is 32.7 Å². The second-order valence-corrected chi connectivity index (χ2v) is 6.60. The fraction of sp³-hybridized carbons (Fsp3) is 0.400. The van der Waals surface area contributed by atoms with Crippen molar-refractivity contribution in [1.29, 1.82) is 0 Å². The van der Waals surface area contributed by atoms with Crippen molar-refractivity contribution in [1.82, 2.24) is 14.7 Å². The van der Waals surface area contributed by atoms with Crippen LogP contribution in [0.5, 0.6) is 0 Å². The minimum atomic E-state index is 0.0709. The van der Waals surface area contributed by atoms with Gasteiger partial charge in [-0.2, -0.15) is 0 Å². The van der Waals surface area contributed by atoms with Crippen LogP contribution in [0.15, 0.2) is 53.1 Å². The lowest BCUT2D eigenvalue weighted by atomic mass is 10.2. The molecule has 2 heterocycles. The number of carbonyl (C=O) groups is 2. The normalized spacial score (nSPS) is 15.0. The molecule has 0 saturated carbocycles. The Labute approximate surface area is 154 Å². The van der Waals surface area contributed by atoms with Gasteiger partial charge in [-0.15, -0.1) is 0 Å². The molecule has 1 fully saturated rings. The molecule has 2 aromatic rings. The van der Waals surface area contributed by atoms with Crippen LogP contribution in [-0.2, 0) is 22.7 Å². The van der Waals surface area contributed by atoms with Crippen molar-refractivity contribution >= 4 is 11.8 Å². The predicted octanol–water partition coefficient (Wildman–Crippen LogP) is 1.97. The molecule has 0 aliphatic carbocycles. The number of hydrogen-bond donors (Lipinski definition) is 0. The second kappa shape index (κ2) is 8.67. The van der Waals surface area contributed by atoms with Crippen LogP contribution >= 0.6 is 0 Å². The summed E-state index contributed by atoms with van der Waals surface area (Å²) in [6, 6.07) is 13.7. The van der Waals surface area contributed by atoms with E-state index in [2.05, 4.69) is 4.90 Å². The fourth-order valence-electron chi connectivity index (χ4n) is 3.14. The molecule has 1 aromatic carbocycles. The maximum atomic E-state index is 12.9. The van der Waals surface area contributed by atoms with Crippen LogP contribution < -0.4 is 0 Å². The van der Waals surface area contributed by atoms with E-state index >= 15 is 0 Å². The molecule has 2 amide bonds. The van der Waals surface area contributed by atoms with Gasteiger partial charge in [0.25, 0.3) is 0 Å². The van der Waals surface area contributed by atoms with Crippen LogP contribution in [0.3, 0.4) is 0 Å². The SMILES string of the molecule is CC(=O)N1CCN(CC(=O)N(Cc2ccccc2)Cc2ccco2)CC1. The van der Waals surface area contributed by atoms with E-state index in [1.165, 1.54) is 0 Å². The number of nitrogens with zero attached hydrogens (tertiary/aromatic N) is 3. The van der Waals surface area contributed by atoms with Gasteiger partial charge in [0, 0.05) is 39.6 Å². The van der Waals surface area contributed by atoms with E-state index in [4.69, 9.17) is 4.42 Å². The van der Waals surface area contributed by atoms with Crippen LogP contribution in [0.25, 0.3) is 0 Å². The van der Waals surface area contributed by atoms with E-state index in [9.17, 15) is 9.59 Å². The highest BCUT2D eigenvalue weighted by molar-refractivity contribution is 5.78. The summed E-state index contributed by atoms with van der Waals surface area (Å²) in [5, 5.41) is 0. The van der Waals surface area contributed by atoms with Crippen LogP contribution in [0, 0.1) is 0 Å². The molecule has 0 radical (unpaired) electrons. The minimum absolute atomic E-state index is 0.0709. The highest BCUT2D eigenvalue weighted by Crippen LogP contribution is 2.12.